The molecule has 2 rings (SSSR count). The fourth-order valence-corrected chi connectivity index (χ4v) is 4.24. The average molecular weight is 276 g/mol. The molecule has 1 saturated carbocycles. The largest absolute Gasteiger partial charge is 0.391 e. The van der Waals surface area contributed by atoms with Gasteiger partial charge in [-0.2, -0.15) is 17.4 Å². The Hall–Kier alpha value is -0.170. The predicted molar refractivity (Wildman–Crippen MR) is 70.3 cm³/mol. The van der Waals surface area contributed by atoms with Crippen molar-refractivity contribution in [3.63, 3.8) is 0 Å². The minimum Gasteiger partial charge on any atom is -0.391 e. The van der Waals surface area contributed by atoms with Crippen LogP contribution in [-0.2, 0) is 10.2 Å². The molecule has 0 aromatic carbocycles. The summed E-state index contributed by atoms with van der Waals surface area (Å²) in [5.41, 5.74) is 0. The molecule has 2 atom stereocenters. The van der Waals surface area contributed by atoms with E-state index in [2.05, 4.69) is 11.6 Å². The molecule has 1 heterocycles. The number of hydrogen-bond donors (Lipinski definition) is 2. The molecule has 1 aliphatic carbocycles. The molecule has 2 N–H and O–H groups in total. The highest BCUT2D eigenvalue weighted by Crippen LogP contribution is 2.22. The Bertz CT molecular complexity index is 364. The Morgan fingerprint density at radius 1 is 1.11 bits per heavy atom. The van der Waals surface area contributed by atoms with Crippen LogP contribution in [0.4, 0.5) is 0 Å². The Balaban J connectivity index is 1.94. The van der Waals surface area contributed by atoms with Gasteiger partial charge in [-0.25, -0.2) is 0 Å². The quantitative estimate of drug-likeness (QED) is 0.803. The zero-order valence-electron chi connectivity index (χ0n) is 11.0. The number of rotatable bonds is 3. The highest BCUT2D eigenvalue weighted by molar-refractivity contribution is 7.87. The molecule has 0 aromatic rings. The van der Waals surface area contributed by atoms with E-state index in [1.165, 1.54) is 4.31 Å². The molecule has 0 amide bonds. The zero-order chi connectivity index (χ0) is 13.2. The number of hydrogen-bond acceptors (Lipinski definition) is 3. The lowest BCUT2D eigenvalue weighted by atomic mass is 9.93. The predicted octanol–water partition coefficient (Wildman–Crippen LogP) is 0.856. The molecule has 0 radical (unpaired) electrons. The lowest BCUT2D eigenvalue weighted by Crippen LogP contribution is -2.52. The van der Waals surface area contributed by atoms with Gasteiger partial charge in [-0.05, 0) is 31.6 Å². The molecule has 2 unspecified atom stereocenters. The molecule has 6 heteroatoms. The van der Waals surface area contributed by atoms with Crippen LogP contribution in [0.5, 0.6) is 0 Å². The van der Waals surface area contributed by atoms with Crippen LogP contribution in [-0.4, -0.2) is 43.1 Å². The van der Waals surface area contributed by atoms with Gasteiger partial charge in [-0.3, -0.25) is 0 Å². The maximum absolute atomic E-state index is 12.2. The summed E-state index contributed by atoms with van der Waals surface area (Å²) in [4.78, 5) is 0. The summed E-state index contributed by atoms with van der Waals surface area (Å²) in [7, 11) is -3.42. The molecular weight excluding hydrogens is 252 g/mol. The van der Waals surface area contributed by atoms with Crippen LogP contribution in [0.1, 0.15) is 45.4 Å². The molecule has 2 fully saturated rings. The first-order valence-corrected chi connectivity index (χ1v) is 8.38. The lowest BCUT2D eigenvalue weighted by molar-refractivity contribution is 0.0999. The number of aliphatic hydroxyl groups excluding tert-OH is 1. The molecule has 0 bridgehead atoms. The van der Waals surface area contributed by atoms with Crippen molar-refractivity contribution < 1.29 is 13.5 Å². The first-order chi connectivity index (χ1) is 8.49. The second kappa shape index (κ2) is 5.86. The minimum absolute atomic E-state index is 0.303. The van der Waals surface area contributed by atoms with Crippen molar-refractivity contribution in [2.24, 2.45) is 5.92 Å². The molecule has 0 aromatic heterocycles. The van der Waals surface area contributed by atoms with Crippen LogP contribution in [0.3, 0.4) is 0 Å². The second-order valence-corrected chi connectivity index (χ2v) is 7.36. The standard InChI is InChI=1S/C12H24N2O3S/c1-10-6-8-14(9-7-10)18(16,17)13-11-4-2-3-5-12(11)15/h10-13,15H,2-9H2,1H3. The third kappa shape index (κ3) is 3.44. The van der Waals surface area contributed by atoms with Crippen molar-refractivity contribution in [2.45, 2.75) is 57.6 Å². The van der Waals surface area contributed by atoms with Crippen molar-refractivity contribution in [1.29, 1.82) is 0 Å². The van der Waals surface area contributed by atoms with Gasteiger partial charge in [0.25, 0.3) is 10.2 Å². The van der Waals surface area contributed by atoms with Crippen molar-refractivity contribution in [1.82, 2.24) is 9.03 Å². The maximum atomic E-state index is 12.2. The fraction of sp³-hybridized carbons (Fsp3) is 1.00. The highest BCUT2D eigenvalue weighted by Gasteiger charge is 2.32. The lowest BCUT2D eigenvalue weighted by Gasteiger charge is -2.33. The summed E-state index contributed by atoms with van der Waals surface area (Å²) in [5.74, 6) is 0.608. The first-order valence-electron chi connectivity index (χ1n) is 6.94. The summed E-state index contributed by atoms with van der Waals surface area (Å²) in [6.45, 7) is 3.35. The Morgan fingerprint density at radius 3 is 2.33 bits per heavy atom. The summed E-state index contributed by atoms with van der Waals surface area (Å²) < 4.78 is 28.6. The molecule has 106 valence electrons. The van der Waals surface area contributed by atoms with Crippen molar-refractivity contribution in [3.8, 4) is 0 Å². The van der Waals surface area contributed by atoms with Gasteiger partial charge < -0.3 is 5.11 Å². The van der Waals surface area contributed by atoms with Gasteiger partial charge in [-0.15, -0.1) is 0 Å². The van der Waals surface area contributed by atoms with Gasteiger partial charge in [0, 0.05) is 19.1 Å². The van der Waals surface area contributed by atoms with Crippen LogP contribution in [0.2, 0.25) is 0 Å². The van der Waals surface area contributed by atoms with Gasteiger partial charge in [0.1, 0.15) is 0 Å². The van der Waals surface area contributed by atoms with E-state index >= 15 is 0 Å². The van der Waals surface area contributed by atoms with Crippen LogP contribution in [0.15, 0.2) is 0 Å². The van der Waals surface area contributed by atoms with E-state index in [0.717, 1.165) is 32.1 Å². The Labute approximate surface area is 110 Å². The minimum atomic E-state index is -3.42. The number of nitrogens with one attached hydrogen (secondary N) is 1. The van der Waals surface area contributed by atoms with Crippen LogP contribution in [0.25, 0.3) is 0 Å². The van der Waals surface area contributed by atoms with Crippen LogP contribution < -0.4 is 4.72 Å². The molecule has 2 aliphatic rings. The van der Waals surface area contributed by atoms with Crippen LogP contribution in [0, 0.1) is 5.92 Å². The van der Waals surface area contributed by atoms with Gasteiger partial charge in [0.2, 0.25) is 0 Å². The van der Waals surface area contributed by atoms with E-state index in [-0.39, 0.29) is 6.04 Å². The third-order valence-corrected chi connectivity index (χ3v) is 5.76. The normalized spacial score (nSPS) is 32.6. The van der Waals surface area contributed by atoms with E-state index < -0.39 is 16.3 Å². The van der Waals surface area contributed by atoms with Crippen molar-refractivity contribution >= 4 is 10.2 Å². The number of piperidine rings is 1. The van der Waals surface area contributed by atoms with Gasteiger partial charge in [-0.1, -0.05) is 19.8 Å². The maximum Gasteiger partial charge on any atom is 0.279 e. The van der Waals surface area contributed by atoms with E-state index in [0.29, 0.717) is 25.4 Å². The van der Waals surface area contributed by atoms with Gasteiger partial charge in [0.15, 0.2) is 0 Å². The zero-order valence-corrected chi connectivity index (χ0v) is 11.8. The van der Waals surface area contributed by atoms with Crippen molar-refractivity contribution in [3.05, 3.63) is 0 Å². The smallest absolute Gasteiger partial charge is 0.279 e. The monoisotopic (exact) mass is 276 g/mol. The first kappa shape index (κ1) is 14.2. The fourth-order valence-electron chi connectivity index (χ4n) is 2.74. The summed E-state index contributed by atoms with van der Waals surface area (Å²) in [5, 5.41) is 9.83. The third-order valence-electron chi connectivity index (χ3n) is 4.11. The van der Waals surface area contributed by atoms with E-state index in [9.17, 15) is 13.5 Å². The second-order valence-electron chi connectivity index (χ2n) is 5.66. The molecule has 0 spiro atoms. The average Bonchev–Trinajstić information content (AvgIpc) is 2.32. The van der Waals surface area contributed by atoms with Crippen LogP contribution >= 0.6 is 0 Å². The summed E-state index contributed by atoms with van der Waals surface area (Å²) in [6.07, 6.45) is 4.73. The van der Waals surface area contributed by atoms with Crippen molar-refractivity contribution in [2.75, 3.05) is 13.1 Å². The van der Waals surface area contributed by atoms with Gasteiger partial charge >= 0.3 is 0 Å². The van der Waals surface area contributed by atoms with Gasteiger partial charge in [0.05, 0.1) is 6.10 Å². The molecule has 5 nitrogen and oxygen atoms in total. The summed E-state index contributed by atoms with van der Waals surface area (Å²) >= 11 is 0. The highest BCUT2D eigenvalue weighted by atomic mass is 32.2. The topological polar surface area (TPSA) is 69.6 Å². The number of aliphatic hydroxyl groups is 1. The van der Waals surface area contributed by atoms with E-state index in [1.807, 2.05) is 0 Å². The number of nitrogens with zero attached hydrogens (tertiary/aromatic N) is 1. The molecule has 1 aliphatic heterocycles. The molecule has 18 heavy (non-hydrogen) atoms. The SMILES string of the molecule is CC1CCN(S(=O)(=O)NC2CCCCC2O)CC1. The Morgan fingerprint density at radius 2 is 1.72 bits per heavy atom. The van der Waals surface area contributed by atoms with E-state index in [4.69, 9.17) is 0 Å². The Kier molecular flexibility index (Phi) is 4.64. The summed E-state index contributed by atoms with van der Waals surface area (Å²) in [6, 6.07) is -0.303. The van der Waals surface area contributed by atoms with E-state index in [1.54, 1.807) is 0 Å². The molecule has 1 saturated heterocycles. The molecular formula is C12H24N2O3S.